The maximum absolute atomic E-state index is 11.3. The van der Waals surface area contributed by atoms with Gasteiger partial charge >= 0.3 is 5.97 Å². The van der Waals surface area contributed by atoms with Gasteiger partial charge in [0.25, 0.3) is 0 Å². The number of benzene rings is 1. The predicted molar refractivity (Wildman–Crippen MR) is 71.8 cm³/mol. The summed E-state index contributed by atoms with van der Waals surface area (Å²) in [5, 5.41) is 8.78. The molecule has 1 heterocycles. The Morgan fingerprint density at radius 2 is 1.90 bits per heavy atom. The molecule has 6 nitrogen and oxygen atoms in total. The van der Waals surface area contributed by atoms with Crippen molar-refractivity contribution in [2.75, 3.05) is 0 Å². The lowest BCUT2D eigenvalue weighted by Crippen LogP contribution is -2.14. The SMILES string of the molecule is O=C(O)c1ccc(OC(c2ccccn2)S(=O)O)cc1. The Labute approximate surface area is 117 Å². The molecule has 0 aliphatic carbocycles. The molecule has 7 heteroatoms. The molecule has 0 aliphatic rings. The molecular weight excluding hydrogens is 282 g/mol. The van der Waals surface area contributed by atoms with Crippen LogP contribution in [0.3, 0.4) is 0 Å². The molecule has 0 bridgehead atoms. The Morgan fingerprint density at radius 3 is 2.40 bits per heavy atom. The highest BCUT2D eigenvalue weighted by molar-refractivity contribution is 7.79. The highest BCUT2D eigenvalue weighted by atomic mass is 32.2. The number of carbonyl (C=O) groups is 1. The molecular formula is C13H11NO5S. The van der Waals surface area contributed by atoms with Crippen molar-refractivity contribution in [1.82, 2.24) is 4.98 Å². The summed E-state index contributed by atoms with van der Waals surface area (Å²) in [6.07, 6.45) is 1.49. The molecule has 1 aromatic carbocycles. The molecule has 0 saturated heterocycles. The quantitative estimate of drug-likeness (QED) is 0.819. The van der Waals surface area contributed by atoms with Gasteiger partial charge in [-0.25, -0.2) is 9.00 Å². The van der Waals surface area contributed by atoms with Crippen LogP contribution in [0.4, 0.5) is 0 Å². The number of hydrogen-bond donors (Lipinski definition) is 2. The Hall–Kier alpha value is -2.25. The first-order valence-corrected chi connectivity index (χ1v) is 6.75. The van der Waals surface area contributed by atoms with Crippen molar-refractivity contribution in [3.05, 3.63) is 59.9 Å². The maximum atomic E-state index is 11.3. The molecule has 0 spiro atoms. The largest absolute Gasteiger partial charge is 0.478 e. The standard InChI is InChI=1S/C13H11NO5S/c15-12(16)9-4-6-10(7-5-9)19-13(20(17)18)11-3-1-2-8-14-11/h1-8,13H,(H,15,16)(H,17,18). The van der Waals surface area contributed by atoms with Crippen LogP contribution < -0.4 is 4.74 Å². The number of rotatable bonds is 5. The first-order valence-electron chi connectivity index (χ1n) is 5.58. The minimum absolute atomic E-state index is 0.108. The summed E-state index contributed by atoms with van der Waals surface area (Å²) >= 11 is -2.27. The van der Waals surface area contributed by atoms with Gasteiger partial charge in [0.1, 0.15) is 5.75 Å². The van der Waals surface area contributed by atoms with E-state index >= 15 is 0 Å². The third-order valence-electron chi connectivity index (χ3n) is 2.46. The van der Waals surface area contributed by atoms with Gasteiger partial charge in [0.15, 0.2) is 0 Å². The van der Waals surface area contributed by atoms with Crippen molar-refractivity contribution in [2.45, 2.75) is 5.44 Å². The highest BCUT2D eigenvalue weighted by Gasteiger charge is 2.21. The van der Waals surface area contributed by atoms with Crippen molar-refractivity contribution < 1.29 is 23.4 Å². The number of aromatic nitrogens is 1. The number of carboxylic acid groups (broad SMARTS) is 1. The Morgan fingerprint density at radius 1 is 1.20 bits per heavy atom. The van der Waals surface area contributed by atoms with E-state index in [2.05, 4.69) is 4.98 Å². The monoisotopic (exact) mass is 293 g/mol. The topological polar surface area (TPSA) is 96.7 Å². The van der Waals surface area contributed by atoms with Crippen molar-refractivity contribution in [3.63, 3.8) is 0 Å². The molecule has 0 saturated carbocycles. The molecule has 2 unspecified atom stereocenters. The number of aromatic carboxylic acids is 1. The average molecular weight is 293 g/mol. The van der Waals surface area contributed by atoms with Crippen LogP contribution in [-0.4, -0.2) is 24.8 Å². The Bertz CT molecular complexity index is 614. The van der Waals surface area contributed by atoms with E-state index in [9.17, 15) is 13.6 Å². The van der Waals surface area contributed by atoms with Crippen LogP contribution in [0.5, 0.6) is 5.75 Å². The van der Waals surface area contributed by atoms with Crippen molar-refractivity contribution >= 4 is 17.0 Å². The lowest BCUT2D eigenvalue weighted by molar-refractivity contribution is 0.0697. The number of ether oxygens (including phenoxy) is 1. The fourth-order valence-electron chi connectivity index (χ4n) is 1.52. The molecule has 0 radical (unpaired) electrons. The van der Waals surface area contributed by atoms with Gasteiger partial charge in [0, 0.05) is 6.20 Å². The van der Waals surface area contributed by atoms with Gasteiger partial charge in [-0.2, -0.15) is 0 Å². The van der Waals surface area contributed by atoms with Crippen molar-refractivity contribution in [3.8, 4) is 5.75 Å². The molecule has 2 atom stereocenters. The van der Waals surface area contributed by atoms with Gasteiger partial charge < -0.3 is 14.4 Å². The summed E-state index contributed by atoms with van der Waals surface area (Å²) < 4.78 is 26.0. The Kier molecular flexibility index (Phi) is 4.44. The lowest BCUT2D eigenvalue weighted by Gasteiger charge is -2.15. The maximum Gasteiger partial charge on any atom is 0.335 e. The van der Waals surface area contributed by atoms with E-state index in [0.29, 0.717) is 5.69 Å². The molecule has 2 N–H and O–H groups in total. The second-order valence-corrected chi connectivity index (χ2v) is 4.79. The summed E-state index contributed by atoms with van der Waals surface area (Å²) in [6, 6.07) is 10.5. The van der Waals surface area contributed by atoms with Crippen LogP contribution in [0.2, 0.25) is 0 Å². The first-order chi connectivity index (χ1) is 9.58. The summed E-state index contributed by atoms with van der Waals surface area (Å²) in [5.74, 6) is -0.767. The fraction of sp³-hybridized carbons (Fsp3) is 0.0769. The summed E-state index contributed by atoms with van der Waals surface area (Å²) in [4.78, 5) is 14.7. The molecule has 104 valence electrons. The smallest absolute Gasteiger partial charge is 0.335 e. The molecule has 0 amide bonds. The zero-order valence-corrected chi connectivity index (χ0v) is 11.0. The van der Waals surface area contributed by atoms with E-state index in [1.54, 1.807) is 18.2 Å². The number of carboxylic acids is 1. The Balaban J connectivity index is 2.21. The minimum atomic E-state index is -2.27. The normalized spacial score (nSPS) is 13.4. The highest BCUT2D eigenvalue weighted by Crippen LogP contribution is 2.23. The van der Waals surface area contributed by atoms with Crippen LogP contribution in [0.25, 0.3) is 0 Å². The van der Waals surface area contributed by atoms with Crippen LogP contribution in [0.1, 0.15) is 21.5 Å². The number of nitrogens with zero attached hydrogens (tertiary/aromatic N) is 1. The third kappa shape index (κ3) is 3.40. The van der Waals surface area contributed by atoms with E-state index in [1.165, 1.54) is 30.5 Å². The van der Waals surface area contributed by atoms with Crippen molar-refractivity contribution in [1.29, 1.82) is 0 Å². The second kappa shape index (κ2) is 6.27. The van der Waals surface area contributed by atoms with E-state index < -0.39 is 22.5 Å². The number of pyridine rings is 1. The molecule has 0 aliphatic heterocycles. The zero-order valence-electron chi connectivity index (χ0n) is 10.2. The van der Waals surface area contributed by atoms with Crippen LogP contribution in [-0.2, 0) is 11.1 Å². The summed E-state index contributed by atoms with van der Waals surface area (Å²) in [7, 11) is 0. The van der Waals surface area contributed by atoms with E-state index in [4.69, 9.17) is 9.84 Å². The predicted octanol–water partition coefficient (Wildman–Crippen LogP) is 2.08. The number of hydrogen-bond acceptors (Lipinski definition) is 4. The van der Waals surface area contributed by atoms with Gasteiger partial charge in [0.2, 0.25) is 16.5 Å². The zero-order chi connectivity index (χ0) is 14.5. The van der Waals surface area contributed by atoms with Gasteiger partial charge in [-0.1, -0.05) is 6.07 Å². The fourth-order valence-corrected chi connectivity index (χ4v) is 2.06. The van der Waals surface area contributed by atoms with E-state index in [0.717, 1.165) is 0 Å². The van der Waals surface area contributed by atoms with Crippen LogP contribution in [0.15, 0.2) is 48.7 Å². The molecule has 2 aromatic rings. The van der Waals surface area contributed by atoms with Gasteiger partial charge in [-0.3, -0.25) is 4.98 Å². The molecule has 20 heavy (non-hydrogen) atoms. The molecule has 0 fully saturated rings. The molecule has 2 rings (SSSR count). The van der Waals surface area contributed by atoms with E-state index in [1.807, 2.05) is 0 Å². The lowest BCUT2D eigenvalue weighted by atomic mass is 10.2. The third-order valence-corrected chi connectivity index (χ3v) is 3.16. The van der Waals surface area contributed by atoms with Crippen LogP contribution in [0, 0.1) is 0 Å². The van der Waals surface area contributed by atoms with Crippen molar-refractivity contribution in [2.24, 2.45) is 0 Å². The van der Waals surface area contributed by atoms with Gasteiger partial charge in [-0.05, 0) is 36.4 Å². The summed E-state index contributed by atoms with van der Waals surface area (Å²) in [6.45, 7) is 0. The van der Waals surface area contributed by atoms with Crippen LogP contribution >= 0.6 is 0 Å². The second-order valence-electron chi connectivity index (χ2n) is 3.81. The molecule has 1 aromatic heterocycles. The van der Waals surface area contributed by atoms with E-state index in [-0.39, 0.29) is 11.3 Å². The summed E-state index contributed by atoms with van der Waals surface area (Å²) in [5.41, 5.74) is -0.709. The average Bonchev–Trinajstić information content (AvgIpc) is 2.46. The first kappa shape index (κ1) is 14.2. The van der Waals surface area contributed by atoms with Gasteiger partial charge in [-0.15, -0.1) is 0 Å². The van der Waals surface area contributed by atoms with Gasteiger partial charge in [0.05, 0.1) is 11.3 Å². The minimum Gasteiger partial charge on any atom is -0.478 e.